The molecule has 1 aliphatic rings. The second-order valence-electron chi connectivity index (χ2n) is 8.02. The molecule has 0 aromatic rings. The van der Waals surface area contributed by atoms with Crippen LogP contribution in [-0.2, 0) is 4.79 Å². The highest BCUT2D eigenvalue weighted by atomic mass is 16.4. The van der Waals surface area contributed by atoms with Crippen molar-refractivity contribution in [3.05, 3.63) is 24.6 Å². The van der Waals surface area contributed by atoms with Gasteiger partial charge in [0, 0.05) is 13.3 Å². The highest BCUT2D eigenvalue weighted by Crippen LogP contribution is 2.23. The predicted molar refractivity (Wildman–Crippen MR) is 118 cm³/mol. The first-order chi connectivity index (χ1) is 13.5. The quantitative estimate of drug-likeness (QED) is 0.189. The first-order valence-corrected chi connectivity index (χ1v) is 11.3. The number of quaternary nitrogens is 1. The molecule has 2 atom stereocenters. The van der Waals surface area contributed by atoms with E-state index >= 15 is 0 Å². The second-order valence-corrected chi connectivity index (χ2v) is 8.02. The average molecular weight is 393 g/mol. The maximum Gasteiger partial charge on any atom is 0.360 e. The second kappa shape index (κ2) is 14.5. The van der Waals surface area contributed by atoms with Gasteiger partial charge < -0.3 is 5.11 Å². The lowest BCUT2D eigenvalue weighted by Gasteiger charge is -2.34. The van der Waals surface area contributed by atoms with Crippen molar-refractivity contribution in [2.75, 3.05) is 6.54 Å². The van der Waals surface area contributed by atoms with E-state index in [1.165, 1.54) is 64.2 Å². The van der Waals surface area contributed by atoms with Gasteiger partial charge >= 0.3 is 5.97 Å². The number of hydrogen-bond acceptors (Lipinski definition) is 3. The van der Waals surface area contributed by atoms with Gasteiger partial charge in [-0.25, -0.2) is 14.3 Å². The van der Waals surface area contributed by atoms with Crippen molar-refractivity contribution >= 4 is 11.8 Å². The van der Waals surface area contributed by atoms with Gasteiger partial charge in [0.25, 0.3) is 0 Å². The molecular weight excluding hydrogens is 350 g/mol. The maximum absolute atomic E-state index is 11.2. The minimum absolute atomic E-state index is 0.0259. The number of aliphatic carboxylic acids is 1. The molecule has 1 rings (SSSR count). The number of amidine groups is 1. The van der Waals surface area contributed by atoms with Crippen molar-refractivity contribution in [2.24, 2.45) is 10.7 Å². The summed E-state index contributed by atoms with van der Waals surface area (Å²) >= 11 is 0. The Balaban J connectivity index is 2.05. The Kier molecular flexibility index (Phi) is 12.8. The summed E-state index contributed by atoms with van der Waals surface area (Å²) in [4.78, 5) is 15.7. The molecule has 2 unspecified atom stereocenters. The van der Waals surface area contributed by atoms with Crippen LogP contribution in [0.1, 0.15) is 97.3 Å². The Morgan fingerprint density at radius 3 is 2.18 bits per heavy atom. The fraction of sp³-hybridized carbons (Fsp3) is 0.739. The fourth-order valence-corrected chi connectivity index (χ4v) is 3.83. The summed E-state index contributed by atoms with van der Waals surface area (Å²) in [5.74, 6) is 0.0557. The highest BCUT2D eigenvalue weighted by molar-refractivity contribution is 5.81. The molecule has 0 fully saturated rings. The van der Waals surface area contributed by atoms with Crippen LogP contribution in [0.5, 0.6) is 0 Å². The first-order valence-electron chi connectivity index (χ1n) is 11.3. The first kappa shape index (κ1) is 24.6. The van der Waals surface area contributed by atoms with Gasteiger partial charge in [-0.3, -0.25) is 5.73 Å². The van der Waals surface area contributed by atoms with E-state index in [1.54, 1.807) is 6.20 Å². The lowest BCUT2D eigenvalue weighted by molar-refractivity contribution is -0.805. The Hall–Kier alpha value is -1.46. The largest absolute Gasteiger partial charge is 0.477 e. The van der Waals surface area contributed by atoms with Crippen molar-refractivity contribution in [1.82, 2.24) is 0 Å². The van der Waals surface area contributed by atoms with Gasteiger partial charge in [-0.1, -0.05) is 70.4 Å². The number of aliphatic imine (C=N–C) groups is 1. The molecule has 0 aromatic heterocycles. The molecule has 0 bridgehead atoms. The van der Waals surface area contributed by atoms with Crippen LogP contribution in [0.2, 0.25) is 0 Å². The summed E-state index contributed by atoms with van der Waals surface area (Å²) in [6, 6.07) is 0. The van der Waals surface area contributed by atoms with Gasteiger partial charge in [0.1, 0.15) is 12.4 Å². The van der Waals surface area contributed by atoms with Crippen LogP contribution in [0.4, 0.5) is 0 Å². The Morgan fingerprint density at radius 2 is 1.64 bits per heavy atom. The molecule has 28 heavy (non-hydrogen) atoms. The highest BCUT2D eigenvalue weighted by Gasteiger charge is 2.40. The van der Waals surface area contributed by atoms with Gasteiger partial charge in [-0.2, -0.15) is 0 Å². The lowest BCUT2D eigenvalue weighted by atomic mass is 10.0. The summed E-state index contributed by atoms with van der Waals surface area (Å²) in [5, 5.41) is 9.24. The molecule has 160 valence electrons. The van der Waals surface area contributed by atoms with Crippen LogP contribution in [-0.4, -0.2) is 34.1 Å². The van der Waals surface area contributed by atoms with E-state index in [0.29, 0.717) is 0 Å². The number of unbranched alkanes of at least 4 members (excludes halogenated alkanes) is 10. The molecule has 5 heteroatoms. The van der Waals surface area contributed by atoms with Crippen molar-refractivity contribution in [3.63, 3.8) is 0 Å². The lowest BCUT2D eigenvalue weighted by Crippen LogP contribution is -2.59. The van der Waals surface area contributed by atoms with Crippen molar-refractivity contribution < 1.29 is 14.4 Å². The summed E-state index contributed by atoms with van der Waals surface area (Å²) in [5.41, 5.74) is 6.10. The Bertz CT molecular complexity index is 526. The van der Waals surface area contributed by atoms with Gasteiger partial charge in [0.15, 0.2) is 6.54 Å². The molecule has 0 amide bonds. The summed E-state index contributed by atoms with van der Waals surface area (Å²) < 4.78 is 0.170. The average Bonchev–Trinajstić information content (AvgIpc) is 3.05. The van der Waals surface area contributed by atoms with Gasteiger partial charge in [0.05, 0.1) is 6.20 Å². The minimum Gasteiger partial charge on any atom is -0.477 e. The van der Waals surface area contributed by atoms with Gasteiger partial charge in [-0.05, 0) is 25.7 Å². The third-order valence-corrected chi connectivity index (χ3v) is 5.58. The van der Waals surface area contributed by atoms with E-state index in [1.807, 2.05) is 13.1 Å². The smallest absolute Gasteiger partial charge is 0.360 e. The number of nitrogens with two attached hydrogens (primary N) is 1. The van der Waals surface area contributed by atoms with Crippen LogP contribution in [0.15, 0.2) is 29.5 Å². The zero-order valence-electron chi connectivity index (χ0n) is 18.1. The normalized spacial score (nSPS) is 20.0. The van der Waals surface area contributed by atoms with Crippen LogP contribution in [0, 0.1) is 0 Å². The van der Waals surface area contributed by atoms with E-state index in [4.69, 9.17) is 5.73 Å². The Morgan fingerprint density at radius 1 is 1.07 bits per heavy atom. The number of carboxylic acid groups (broad SMARTS) is 1. The van der Waals surface area contributed by atoms with Crippen LogP contribution >= 0.6 is 0 Å². The van der Waals surface area contributed by atoms with E-state index in [2.05, 4.69) is 24.1 Å². The number of rotatable bonds is 17. The van der Waals surface area contributed by atoms with Crippen LogP contribution in [0.3, 0.4) is 0 Å². The fourth-order valence-electron chi connectivity index (χ4n) is 3.83. The van der Waals surface area contributed by atoms with Gasteiger partial charge in [-0.15, -0.1) is 0 Å². The number of nitrogens with zero attached hydrogens (tertiary/aromatic N) is 2. The SMILES string of the molecule is CC/C=C/CCCCCCCCCCCCC1=NC=C[N+]1(CC(=O)O)C(C)N. The number of carbonyl (C=O) groups is 1. The van der Waals surface area contributed by atoms with Crippen LogP contribution in [0.25, 0.3) is 0 Å². The van der Waals surface area contributed by atoms with E-state index in [9.17, 15) is 9.90 Å². The third kappa shape index (κ3) is 9.16. The molecule has 0 saturated heterocycles. The molecule has 5 nitrogen and oxygen atoms in total. The molecule has 0 saturated carbocycles. The molecule has 3 N–H and O–H groups in total. The zero-order chi connectivity index (χ0) is 20.7. The number of carboxylic acids is 1. The molecule has 0 radical (unpaired) electrons. The number of hydrogen-bond donors (Lipinski definition) is 2. The summed E-state index contributed by atoms with van der Waals surface area (Å²) in [7, 11) is 0. The van der Waals surface area contributed by atoms with Crippen molar-refractivity contribution in [1.29, 1.82) is 0 Å². The van der Waals surface area contributed by atoms with E-state index < -0.39 is 5.97 Å². The number of allylic oxidation sites excluding steroid dienone is 2. The molecule has 0 aliphatic carbocycles. The molecule has 1 heterocycles. The molecule has 1 aliphatic heterocycles. The summed E-state index contributed by atoms with van der Waals surface area (Å²) in [6.07, 6.45) is 23.9. The van der Waals surface area contributed by atoms with E-state index in [-0.39, 0.29) is 17.2 Å². The van der Waals surface area contributed by atoms with E-state index in [0.717, 1.165) is 25.1 Å². The van der Waals surface area contributed by atoms with Crippen LogP contribution < -0.4 is 5.73 Å². The topological polar surface area (TPSA) is 75.7 Å². The standard InChI is InChI=1S/C23H41N3O2/c1-3-4-5-6-7-8-9-10-11-12-13-14-15-16-17-22-25-18-19-26(22,21(2)24)20-23(27)28/h4-5,18-19,21H,3,6-17,20,24H2,1-2H3/p+1/b5-4+. The molecule has 0 spiro atoms. The minimum atomic E-state index is -0.839. The monoisotopic (exact) mass is 392 g/mol. The Labute approximate surface area is 172 Å². The third-order valence-electron chi connectivity index (χ3n) is 5.58. The van der Waals surface area contributed by atoms with Gasteiger partial charge in [0.2, 0.25) is 5.84 Å². The summed E-state index contributed by atoms with van der Waals surface area (Å²) in [6.45, 7) is 4.01. The van der Waals surface area contributed by atoms with Crippen molar-refractivity contribution in [3.8, 4) is 0 Å². The zero-order valence-corrected chi connectivity index (χ0v) is 18.1. The van der Waals surface area contributed by atoms with Crippen molar-refractivity contribution in [2.45, 2.75) is 103 Å². The maximum atomic E-state index is 11.2. The molecular formula is C23H42N3O2+. The molecule has 0 aromatic carbocycles. The predicted octanol–water partition coefficient (Wildman–Crippen LogP) is 5.72.